The van der Waals surface area contributed by atoms with Gasteiger partial charge in [0.25, 0.3) is 5.91 Å². The van der Waals surface area contributed by atoms with Gasteiger partial charge in [-0.2, -0.15) is 0 Å². The molecular formula is C22H20F2N2O. The number of aryl methyl sites for hydroxylation is 1. The third-order valence-corrected chi connectivity index (χ3v) is 5.12. The fraction of sp³-hybridized carbons (Fsp3) is 0.227. The third-order valence-electron chi connectivity index (χ3n) is 5.12. The molecule has 3 nitrogen and oxygen atoms in total. The summed E-state index contributed by atoms with van der Waals surface area (Å²) in [5.74, 6) is -1.14. The predicted molar refractivity (Wildman–Crippen MR) is 100 cm³/mol. The van der Waals surface area contributed by atoms with Crippen molar-refractivity contribution >= 4 is 5.91 Å². The van der Waals surface area contributed by atoms with Crippen LogP contribution in [0.15, 0.2) is 54.7 Å². The normalized spacial score (nSPS) is 16.7. The minimum absolute atomic E-state index is 0.171. The van der Waals surface area contributed by atoms with Crippen molar-refractivity contribution in [2.24, 2.45) is 0 Å². The molecule has 0 bridgehead atoms. The van der Waals surface area contributed by atoms with Gasteiger partial charge in [-0.1, -0.05) is 29.8 Å². The summed E-state index contributed by atoms with van der Waals surface area (Å²) in [6.45, 7) is 2.55. The average Bonchev–Trinajstić information content (AvgIpc) is 3.33. The van der Waals surface area contributed by atoms with Crippen molar-refractivity contribution in [3.8, 4) is 11.3 Å². The first-order valence-corrected chi connectivity index (χ1v) is 9.04. The van der Waals surface area contributed by atoms with E-state index >= 15 is 0 Å². The SMILES string of the molecule is Cc1ccc(-c2cc(C(=O)N3CCC[C@@H]3c3cc(F)ccc3F)c[nH]2)cc1. The van der Waals surface area contributed by atoms with E-state index in [4.69, 9.17) is 0 Å². The van der Waals surface area contributed by atoms with Gasteiger partial charge in [-0.25, -0.2) is 8.78 Å². The summed E-state index contributed by atoms with van der Waals surface area (Å²) in [6, 6.07) is 12.8. The van der Waals surface area contributed by atoms with E-state index in [1.807, 2.05) is 37.3 Å². The van der Waals surface area contributed by atoms with E-state index in [-0.39, 0.29) is 11.5 Å². The molecule has 27 heavy (non-hydrogen) atoms. The highest BCUT2D eigenvalue weighted by molar-refractivity contribution is 5.95. The second-order valence-corrected chi connectivity index (χ2v) is 6.99. The lowest BCUT2D eigenvalue weighted by Gasteiger charge is -2.25. The van der Waals surface area contributed by atoms with Gasteiger partial charge in [0.2, 0.25) is 0 Å². The van der Waals surface area contributed by atoms with E-state index in [0.29, 0.717) is 18.5 Å². The molecule has 2 aromatic carbocycles. The highest BCUT2D eigenvalue weighted by Crippen LogP contribution is 2.35. The highest BCUT2D eigenvalue weighted by Gasteiger charge is 2.32. The Balaban J connectivity index is 1.60. The fourth-order valence-corrected chi connectivity index (χ4v) is 3.69. The standard InChI is InChI=1S/C22H20F2N2O/c1-14-4-6-15(7-5-14)20-11-16(13-25-20)22(27)26-10-2-3-21(26)18-12-17(23)8-9-19(18)24/h4-9,11-13,21,25H,2-3,10H2,1H3/t21-/m1/s1. The molecule has 1 atom stereocenters. The quantitative estimate of drug-likeness (QED) is 0.676. The second-order valence-electron chi connectivity index (χ2n) is 6.99. The molecule has 4 rings (SSSR count). The number of carbonyl (C=O) groups excluding carboxylic acids is 1. The summed E-state index contributed by atoms with van der Waals surface area (Å²) in [5, 5.41) is 0. The lowest BCUT2D eigenvalue weighted by molar-refractivity contribution is 0.0733. The Morgan fingerprint density at radius 2 is 1.89 bits per heavy atom. The molecule has 5 heteroatoms. The van der Waals surface area contributed by atoms with Crippen molar-refractivity contribution in [2.75, 3.05) is 6.54 Å². The molecule has 1 aromatic heterocycles. The summed E-state index contributed by atoms with van der Waals surface area (Å²) in [6.07, 6.45) is 3.07. The molecule has 0 radical (unpaired) electrons. The van der Waals surface area contributed by atoms with Crippen LogP contribution in [0.3, 0.4) is 0 Å². The largest absolute Gasteiger partial charge is 0.360 e. The number of likely N-dealkylation sites (tertiary alicyclic amines) is 1. The Labute approximate surface area is 156 Å². The van der Waals surface area contributed by atoms with Crippen molar-refractivity contribution in [2.45, 2.75) is 25.8 Å². The molecule has 1 amide bonds. The second kappa shape index (κ2) is 6.99. The fourth-order valence-electron chi connectivity index (χ4n) is 3.69. The molecule has 1 aliphatic rings. The molecule has 0 spiro atoms. The Hall–Kier alpha value is -2.95. The molecular weight excluding hydrogens is 346 g/mol. The van der Waals surface area contributed by atoms with Gasteiger partial charge in [0.15, 0.2) is 0 Å². The maximum atomic E-state index is 14.2. The van der Waals surface area contributed by atoms with Gasteiger partial charge >= 0.3 is 0 Å². The molecule has 138 valence electrons. The van der Waals surface area contributed by atoms with Gasteiger partial charge in [0, 0.05) is 24.0 Å². The number of nitrogens with zero attached hydrogens (tertiary/aromatic N) is 1. The Morgan fingerprint density at radius 1 is 1.11 bits per heavy atom. The number of aromatic nitrogens is 1. The van der Waals surface area contributed by atoms with Crippen LogP contribution in [-0.2, 0) is 0 Å². The first kappa shape index (κ1) is 17.5. The topological polar surface area (TPSA) is 36.1 Å². The number of rotatable bonds is 3. The van der Waals surface area contributed by atoms with E-state index in [0.717, 1.165) is 29.8 Å². The number of nitrogens with one attached hydrogen (secondary N) is 1. The Kier molecular flexibility index (Phi) is 4.52. The van der Waals surface area contributed by atoms with Crippen LogP contribution in [0, 0.1) is 18.6 Å². The van der Waals surface area contributed by atoms with Crippen LogP contribution in [0.4, 0.5) is 8.78 Å². The number of benzene rings is 2. The smallest absolute Gasteiger partial charge is 0.255 e. The van der Waals surface area contributed by atoms with Gasteiger partial charge in [-0.05, 0) is 49.6 Å². The van der Waals surface area contributed by atoms with E-state index in [9.17, 15) is 13.6 Å². The molecule has 3 aromatic rings. The summed E-state index contributed by atoms with van der Waals surface area (Å²) in [4.78, 5) is 17.8. The van der Waals surface area contributed by atoms with Crippen molar-refractivity contribution < 1.29 is 13.6 Å². The number of carbonyl (C=O) groups is 1. The summed E-state index contributed by atoms with van der Waals surface area (Å²) in [5.41, 5.74) is 3.78. The zero-order chi connectivity index (χ0) is 19.0. The van der Waals surface area contributed by atoms with Crippen molar-refractivity contribution in [3.63, 3.8) is 0 Å². The highest BCUT2D eigenvalue weighted by atomic mass is 19.1. The maximum absolute atomic E-state index is 14.2. The minimum atomic E-state index is -0.492. The van der Waals surface area contributed by atoms with Crippen LogP contribution in [0.5, 0.6) is 0 Å². The summed E-state index contributed by atoms with van der Waals surface area (Å²) < 4.78 is 27.8. The summed E-state index contributed by atoms with van der Waals surface area (Å²) >= 11 is 0. The van der Waals surface area contributed by atoms with E-state index in [1.54, 1.807) is 11.1 Å². The van der Waals surface area contributed by atoms with Crippen LogP contribution in [0.2, 0.25) is 0 Å². The van der Waals surface area contributed by atoms with Crippen LogP contribution in [0.1, 0.15) is 40.4 Å². The van der Waals surface area contributed by atoms with E-state index in [2.05, 4.69) is 4.98 Å². The number of amides is 1. The number of halogens is 2. The van der Waals surface area contributed by atoms with Crippen LogP contribution in [-0.4, -0.2) is 22.3 Å². The van der Waals surface area contributed by atoms with Gasteiger partial charge in [0.05, 0.1) is 11.6 Å². The summed E-state index contributed by atoms with van der Waals surface area (Å²) in [7, 11) is 0. The van der Waals surface area contributed by atoms with Crippen molar-refractivity contribution in [1.29, 1.82) is 0 Å². The minimum Gasteiger partial charge on any atom is -0.360 e. The van der Waals surface area contributed by atoms with Crippen LogP contribution < -0.4 is 0 Å². The zero-order valence-electron chi connectivity index (χ0n) is 15.0. The molecule has 0 unspecified atom stereocenters. The molecule has 1 fully saturated rings. The van der Waals surface area contributed by atoms with Crippen molar-refractivity contribution in [3.05, 3.63) is 83.1 Å². The number of H-pyrrole nitrogens is 1. The van der Waals surface area contributed by atoms with Gasteiger partial charge in [-0.3, -0.25) is 4.79 Å². The van der Waals surface area contributed by atoms with Gasteiger partial charge < -0.3 is 9.88 Å². The number of aromatic amines is 1. The van der Waals surface area contributed by atoms with Gasteiger partial charge in [-0.15, -0.1) is 0 Å². The first-order valence-electron chi connectivity index (χ1n) is 9.04. The molecule has 1 aliphatic heterocycles. The zero-order valence-corrected chi connectivity index (χ0v) is 15.0. The Bertz CT molecular complexity index is 978. The Morgan fingerprint density at radius 3 is 2.67 bits per heavy atom. The molecule has 0 aliphatic carbocycles. The third kappa shape index (κ3) is 3.37. The van der Waals surface area contributed by atoms with E-state index < -0.39 is 17.7 Å². The average molecular weight is 366 g/mol. The molecule has 1 N–H and O–H groups in total. The van der Waals surface area contributed by atoms with Gasteiger partial charge in [0.1, 0.15) is 11.6 Å². The molecule has 1 saturated heterocycles. The monoisotopic (exact) mass is 366 g/mol. The molecule has 0 saturated carbocycles. The first-order chi connectivity index (χ1) is 13.0. The van der Waals surface area contributed by atoms with Crippen LogP contribution in [0.25, 0.3) is 11.3 Å². The lowest BCUT2D eigenvalue weighted by atomic mass is 10.0. The molecule has 2 heterocycles. The van der Waals surface area contributed by atoms with Crippen molar-refractivity contribution in [1.82, 2.24) is 9.88 Å². The lowest BCUT2D eigenvalue weighted by Crippen LogP contribution is -2.30. The number of hydrogen-bond acceptors (Lipinski definition) is 1. The predicted octanol–water partition coefficient (Wildman–Crippen LogP) is 5.25. The number of hydrogen-bond donors (Lipinski definition) is 1. The van der Waals surface area contributed by atoms with Crippen LogP contribution >= 0.6 is 0 Å². The van der Waals surface area contributed by atoms with E-state index in [1.165, 1.54) is 11.6 Å². The maximum Gasteiger partial charge on any atom is 0.255 e.